The van der Waals surface area contributed by atoms with Crippen molar-refractivity contribution in [3.05, 3.63) is 28.5 Å². The fraction of sp³-hybridized carbons (Fsp3) is 0.294. The number of anilines is 2. The van der Waals surface area contributed by atoms with Gasteiger partial charge in [0.05, 0.1) is 23.8 Å². The van der Waals surface area contributed by atoms with Crippen LogP contribution in [0.4, 0.5) is 11.9 Å². The van der Waals surface area contributed by atoms with E-state index in [1.807, 2.05) is 0 Å². The van der Waals surface area contributed by atoms with Gasteiger partial charge in [0.2, 0.25) is 11.9 Å². The maximum Gasteiger partial charge on any atom is 0.230 e. The highest BCUT2D eigenvalue weighted by Gasteiger charge is 2.16. The molecule has 134 valence electrons. The number of fused-ring (bicyclic) bond motifs is 1. The van der Waals surface area contributed by atoms with Crippen LogP contribution in [-0.2, 0) is 0 Å². The van der Waals surface area contributed by atoms with Crippen molar-refractivity contribution >= 4 is 35.1 Å². The molecule has 1 aromatic heterocycles. The molecule has 0 saturated heterocycles. The molecular weight excluding hydrogens is 356 g/mol. The van der Waals surface area contributed by atoms with E-state index in [4.69, 9.17) is 26.8 Å². The number of rotatable bonds is 3. The summed E-state index contributed by atoms with van der Waals surface area (Å²) in [6.07, 6.45) is 2.39. The molecule has 2 heterocycles. The van der Waals surface area contributed by atoms with Gasteiger partial charge in [0.15, 0.2) is 17.3 Å². The molecule has 2 N–H and O–H groups in total. The topological polar surface area (TPSA) is 110 Å². The highest BCUT2D eigenvalue weighted by molar-refractivity contribution is 6.32. The largest absolute Gasteiger partial charge is 0.489 e. The smallest absolute Gasteiger partial charge is 0.230 e. The van der Waals surface area contributed by atoms with E-state index < -0.39 is 0 Å². The van der Waals surface area contributed by atoms with Gasteiger partial charge < -0.3 is 20.1 Å². The van der Waals surface area contributed by atoms with E-state index in [1.165, 1.54) is 0 Å². The number of halogens is 1. The van der Waals surface area contributed by atoms with E-state index in [0.717, 1.165) is 6.42 Å². The first-order chi connectivity index (χ1) is 12.5. The maximum absolute atomic E-state index is 9.55. The number of ether oxygens (including phenoxy) is 2. The van der Waals surface area contributed by atoms with Crippen molar-refractivity contribution in [3.8, 4) is 17.6 Å². The average molecular weight is 373 g/mol. The lowest BCUT2D eigenvalue weighted by Crippen LogP contribution is -2.15. The minimum absolute atomic E-state index is 0.0385. The molecule has 8 nitrogen and oxygen atoms in total. The van der Waals surface area contributed by atoms with Crippen LogP contribution in [0.1, 0.15) is 17.8 Å². The van der Waals surface area contributed by atoms with Crippen molar-refractivity contribution in [2.24, 2.45) is 0 Å². The van der Waals surface area contributed by atoms with Crippen LogP contribution in [0, 0.1) is 11.3 Å². The number of aromatic nitrogens is 3. The van der Waals surface area contributed by atoms with E-state index in [-0.39, 0.29) is 17.3 Å². The lowest BCUT2D eigenvalue weighted by atomic mass is 10.1. The molecule has 3 rings (SSSR count). The summed E-state index contributed by atoms with van der Waals surface area (Å²) in [5.74, 6) is 1.65. The van der Waals surface area contributed by atoms with Crippen molar-refractivity contribution in [1.82, 2.24) is 15.0 Å². The Kier molecular flexibility index (Phi) is 5.09. The van der Waals surface area contributed by atoms with Crippen LogP contribution in [0.5, 0.6) is 11.5 Å². The Hall–Kier alpha value is -3.05. The molecule has 1 aliphatic rings. The Morgan fingerprint density at radius 3 is 2.77 bits per heavy atom. The van der Waals surface area contributed by atoms with Gasteiger partial charge in [0, 0.05) is 20.5 Å². The molecule has 2 aromatic rings. The average Bonchev–Trinajstić information content (AvgIpc) is 2.85. The Bertz CT molecular complexity index is 907. The number of benzene rings is 1. The molecule has 26 heavy (non-hydrogen) atoms. The minimum atomic E-state index is 0.0385. The highest BCUT2D eigenvalue weighted by atomic mass is 35.5. The van der Waals surface area contributed by atoms with Crippen molar-refractivity contribution in [2.45, 2.75) is 6.42 Å². The third kappa shape index (κ3) is 3.78. The number of nitrogen functional groups attached to an aromatic ring is 1. The zero-order valence-corrected chi connectivity index (χ0v) is 15.1. The molecule has 0 aliphatic carbocycles. The van der Waals surface area contributed by atoms with E-state index in [9.17, 15) is 5.26 Å². The second-order valence-corrected chi connectivity index (χ2v) is 6.17. The standard InChI is InChI=1S/C17H17ClN6O2/c1-24(2)17-22-15(21-16(20)23-17)11(9-19)6-10-7-12(18)14-13(8-10)25-4-3-5-26-14/h6-8H,3-5H2,1-2H3,(H2,20,21,22,23)/b11-6-. The van der Waals surface area contributed by atoms with E-state index in [0.29, 0.717) is 41.2 Å². The summed E-state index contributed by atoms with van der Waals surface area (Å²) in [6.45, 7) is 1.08. The van der Waals surface area contributed by atoms with Crippen LogP contribution in [0.2, 0.25) is 5.02 Å². The Labute approximate surface area is 155 Å². The fourth-order valence-corrected chi connectivity index (χ4v) is 2.62. The van der Waals surface area contributed by atoms with Gasteiger partial charge in [0.1, 0.15) is 6.07 Å². The molecule has 0 radical (unpaired) electrons. The summed E-state index contributed by atoms with van der Waals surface area (Å²) in [6, 6.07) is 5.55. The summed E-state index contributed by atoms with van der Waals surface area (Å²) in [7, 11) is 3.55. The van der Waals surface area contributed by atoms with Crippen molar-refractivity contribution in [1.29, 1.82) is 5.26 Å². The molecule has 0 unspecified atom stereocenters. The zero-order valence-electron chi connectivity index (χ0n) is 14.4. The molecular formula is C17H17ClN6O2. The molecule has 1 aliphatic heterocycles. The van der Waals surface area contributed by atoms with E-state index in [2.05, 4.69) is 21.0 Å². The SMILES string of the molecule is CN(C)c1nc(N)nc(/C(C#N)=C\c2cc(Cl)c3c(c2)OCCCO3)n1. The quantitative estimate of drug-likeness (QED) is 0.817. The van der Waals surface area contributed by atoms with Crippen molar-refractivity contribution in [2.75, 3.05) is 37.9 Å². The second kappa shape index (κ2) is 7.45. The molecule has 0 bridgehead atoms. The Balaban J connectivity index is 2.04. The number of nitrogens with two attached hydrogens (primary N) is 1. The van der Waals surface area contributed by atoms with Gasteiger partial charge in [-0.25, -0.2) is 0 Å². The number of nitriles is 1. The van der Waals surface area contributed by atoms with Crippen LogP contribution < -0.4 is 20.1 Å². The van der Waals surface area contributed by atoms with Crippen LogP contribution in [-0.4, -0.2) is 42.3 Å². The Morgan fingerprint density at radius 2 is 2.04 bits per heavy atom. The highest BCUT2D eigenvalue weighted by Crippen LogP contribution is 2.38. The van der Waals surface area contributed by atoms with Gasteiger partial charge in [-0.3, -0.25) is 0 Å². The zero-order chi connectivity index (χ0) is 18.7. The summed E-state index contributed by atoms with van der Waals surface area (Å²) >= 11 is 6.30. The number of hydrogen-bond donors (Lipinski definition) is 1. The van der Waals surface area contributed by atoms with Crippen molar-refractivity contribution < 1.29 is 9.47 Å². The van der Waals surface area contributed by atoms with Gasteiger partial charge in [-0.05, 0) is 23.8 Å². The van der Waals surface area contributed by atoms with Gasteiger partial charge in [-0.2, -0.15) is 20.2 Å². The van der Waals surface area contributed by atoms with Gasteiger partial charge in [-0.1, -0.05) is 11.6 Å². The molecule has 0 spiro atoms. The molecule has 1 aromatic carbocycles. The first-order valence-electron chi connectivity index (χ1n) is 7.88. The van der Waals surface area contributed by atoms with Gasteiger partial charge >= 0.3 is 0 Å². The predicted molar refractivity (Wildman–Crippen MR) is 99.1 cm³/mol. The summed E-state index contributed by atoms with van der Waals surface area (Å²) in [5.41, 5.74) is 6.63. The third-order valence-electron chi connectivity index (χ3n) is 3.54. The number of hydrogen-bond acceptors (Lipinski definition) is 8. The predicted octanol–water partition coefficient (Wildman–Crippen LogP) is 2.40. The number of nitrogens with zero attached hydrogens (tertiary/aromatic N) is 5. The van der Waals surface area contributed by atoms with Crippen LogP contribution in [0.15, 0.2) is 12.1 Å². The third-order valence-corrected chi connectivity index (χ3v) is 3.82. The van der Waals surface area contributed by atoms with Gasteiger partial charge in [0.25, 0.3) is 0 Å². The molecule has 0 fully saturated rings. The van der Waals surface area contributed by atoms with Crippen LogP contribution in [0.25, 0.3) is 11.6 Å². The summed E-state index contributed by atoms with van der Waals surface area (Å²) in [4.78, 5) is 14.0. The van der Waals surface area contributed by atoms with Crippen LogP contribution >= 0.6 is 11.6 Å². The molecule has 0 saturated carbocycles. The fourth-order valence-electron chi connectivity index (χ4n) is 2.35. The first-order valence-corrected chi connectivity index (χ1v) is 8.26. The lowest BCUT2D eigenvalue weighted by Gasteiger charge is -2.12. The second-order valence-electron chi connectivity index (χ2n) is 5.76. The minimum Gasteiger partial charge on any atom is -0.489 e. The summed E-state index contributed by atoms with van der Waals surface area (Å²) < 4.78 is 11.3. The lowest BCUT2D eigenvalue weighted by molar-refractivity contribution is 0.297. The summed E-state index contributed by atoms with van der Waals surface area (Å²) in [5, 5.41) is 9.97. The molecule has 9 heteroatoms. The molecule has 0 atom stereocenters. The van der Waals surface area contributed by atoms with E-state index >= 15 is 0 Å². The van der Waals surface area contributed by atoms with Crippen LogP contribution in [0.3, 0.4) is 0 Å². The van der Waals surface area contributed by atoms with Crippen molar-refractivity contribution in [3.63, 3.8) is 0 Å². The molecule has 0 amide bonds. The Morgan fingerprint density at radius 1 is 1.27 bits per heavy atom. The number of allylic oxidation sites excluding steroid dienone is 1. The monoisotopic (exact) mass is 372 g/mol. The van der Waals surface area contributed by atoms with Gasteiger partial charge in [-0.15, -0.1) is 0 Å². The first kappa shape index (κ1) is 17.8. The normalized spacial score (nSPS) is 13.7. The maximum atomic E-state index is 9.55. The van der Waals surface area contributed by atoms with E-state index in [1.54, 1.807) is 37.2 Å².